The Hall–Kier alpha value is -1.33. The lowest BCUT2D eigenvalue weighted by molar-refractivity contribution is -0.135. The van der Waals surface area contributed by atoms with E-state index in [2.05, 4.69) is 5.32 Å². The predicted octanol–water partition coefficient (Wildman–Crippen LogP) is 2.46. The van der Waals surface area contributed by atoms with Gasteiger partial charge < -0.3 is 15.0 Å². The lowest BCUT2D eigenvalue weighted by atomic mass is 9.78. The highest BCUT2D eigenvalue weighted by Gasteiger charge is 2.37. The van der Waals surface area contributed by atoms with Crippen LogP contribution in [0.15, 0.2) is 18.2 Å². The lowest BCUT2D eigenvalue weighted by Crippen LogP contribution is -2.45. The minimum absolute atomic E-state index is 0.00130. The third-order valence-electron chi connectivity index (χ3n) is 4.76. The van der Waals surface area contributed by atoms with Crippen LogP contribution in [0.3, 0.4) is 0 Å². The molecule has 1 spiro atoms. The fourth-order valence-electron chi connectivity index (χ4n) is 3.26. The van der Waals surface area contributed by atoms with Gasteiger partial charge in [-0.3, -0.25) is 4.79 Å². The second-order valence-corrected chi connectivity index (χ2v) is 6.58. The average molecular weight is 327 g/mol. The van der Waals surface area contributed by atoms with Crippen LogP contribution >= 0.6 is 11.6 Å². The molecule has 0 bridgehead atoms. The molecule has 2 heterocycles. The Morgan fingerprint density at radius 3 is 2.77 bits per heavy atom. The fraction of sp³-hybridized carbons (Fsp3) is 0.562. The third kappa shape index (κ3) is 3.36. The van der Waals surface area contributed by atoms with Gasteiger partial charge in [-0.05, 0) is 43.4 Å². The van der Waals surface area contributed by atoms with Crippen LogP contribution in [-0.2, 0) is 4.79 Å². The Kier molecular flexibility index (Phi) is 4.54. The summed E-state index contributed by atoms with van der Waals surface area (Å²) in [5.74, 6) is -0.110. The molecule has 6 heteroatoms. The number of piperidine rings is 1. The SMILES string of the molecule is O=C(COc1ccc(F)c(Cl)c1)N1CCC2(CCNC2)CC1. The number of carbonyl (C=O) groups is 1. The van der Waals surface area contributed by atoms with Crippen LogP contribution < -0.4 is 10.1 Å². The molecule has 1 amide bonds. The minimum atomic E-state index is -0.494. The standard InChI is InChI=1S/C16H20ClFN2O2/c17-13-9-12(1-2-14(13)18)22-10-15(21)20-7-4-16(5-8-20)3-6-19-11-16/h1-2,9,19H,3-8,10-11H2. The smallest absolute Gasteiger partial charge is 0.260 e. The van der Waals surface area contributed by atoms with Gasteiger partial charge in [0.05, 0.1) is 5.02 Å². The van der Waals surface area contributed by atoms with Gasteiger partial charge in [-0.1, -0.05) is 11.6 Å². The van der Waals surface area contributed by atoms with E-state index in [1.807, 2.05) is 4.90 Å². The summed E-state index contributed by atoms with van der Waals surface area (Å²) in [5.41, 5.74) is 0.391. The molecule has 0 aliphatic carbocycles. The Labute approximate surface area is 134 Å². The van der Waals surface area contributed by atoms with E-state index < -0.39 is 5.82 Å². The van der Waals surface area contributed by atoms with Crippen molar-refractivity contribution in [1.82, 2.24) is 10.2 Å². The number of hydrogen-bond donors (Lipinski definition) is 1. The number of rotatable bonds is 3. The number of halogens is 2. The van der Waals surface area contributed by atoms with Crippen molar-refractivity contribution >= 4 is 17.5 Å². The number of amides is 1. The Balaban J connectivity index is 1.49. The van der Waals surface area contributed by atoms with E-state index in [-0.39, 0.29) is 17.5 Å². The fourth-order valence-corrected chi connectivity index (χ4v) is 3.43. The van der Waals surface area contributed by atoms with Gasteiger partial charge in [0.2, 0.25) is 0 Å². The van der Waals surface area contributed by atoms with E-state index in [1.54, 1.807) is 0 Å². The first-order valence-corrected chi connectivity index (χ1v) is 8.02. The molecule has 1 aromatic rings. The molecule has 0 radical (unpaired) electrons. The van der Waals surface area contributed by atoms with Gasteiger partial charge >= 0.3 is 0 Å². The van der Waals surface area contributed by atoms with Crippen LogP contribution in [0.4, 0.5) is 4.39 Å². The molecule has 0 aromatic heterocycles. The van der Waals surface area contributed by atoms with Gasteiger partial charge in [-0.15, -0.1) is 0 Å². The van der Waals surface area contributed by atoms with Crippen molar-refractivity contribution in [2.24, 2.45) is 5.41 Å². The van der Waals surface area contributed by atoms with Gasteiger partial charge in [-0.2, -0.15) is 0 Å². The van der Waals surface area contributed by atoms with Crippen LogP contribution in [0.5, 0.6) is 5.75 Å². The molecule has 0 unspecified atom stereocenters. The molecule has 1 aromatic carbocycles. The van der Waals surface area contributed by atoms with Gasteiger partial charge in [0, 0.05) is 25.7 Å². The molecule has 120 valence electrons. The number of nitrogens with one attached hydrogen (secondary N) is 1. The Morgan fingerprint density at radius 2 is 2.14 bits per heavy atom. The van der Waals surface area contributed by atoms with E-state index in [0.717, 1.165) is 39.0 Å². The summed E-state index contributed by atoms with van der Waals surface area (Å²) in [4.78, 5) is 14.1. The molecule has 4 nitrogen and oxygen atoms in total. The molecule has 2 saturated heterocycles. The van der Waals surface area contributed by atoms with Crippen LogP contribution in [0.2, 0.25) is 5.02 Å². The largest absolute Gasteiger partial charge is 0.484 e. The van der Waals surface area contributed by atoms with E-state index in [1.165, 1.54) is 24.6 Å². The first-order chi connectivity index (χ1) is 10.6. The topological polar surface area (TPSA) is 41.6 Å². The van der Waals surface area contributed by atoms with E-state index in [0.29, 0.717) is 11.2 Å². The number of hydrogen-bond acceptors (Lipinski definition) is 3. The van der Waals surface area contributed by atoms with Crippen molar-refractivity contribution in [2.45, 2.75) is 19.3 Å². The molecule has 3 rings (SSSR count). The molecule has 1 N–H and O–H groups in total. The van der Waals surface area contributed by atoms with Gasteiger partial charge in [0.15, 0.2) is 6.61 Å². The molecule has 2 aliphatic heterocycles. The predicted molar refractivity (Wildman–Crippen MR) is 82.6 cm³/mol. The van der Waals surface area contributed by atoms with Crippen LogP contribution in [0.1, 0.15) is 19.3 Å². The highest BCUT2D eigenvalue weighted by molar-refractivity contribution is 6.30. The molecule has 2 fully saturated rings. The van der Waals surface area contributed by atoms with Gasteiger partial charge in [0.1, 0.15) is 11.6 Å². The molecule has 0 atom stereocenters. The van der Waals surface area contributed by atoms with Crippen LogP contribution in [0, 0.1) is 11.2 Å². The molecular formula is C16H20ClFN2O2. The molecule has 0 saturated carbocycles. The molecule has 22 heavy (non-hydrogen) atoms. The summed E-state index contributed by atoms with van der Waals surface area (Å²) >= 11 is 5.69. The average Bonchev–Trinajstić information content (AvgIpc) is 2.97. The summed E-state index contributed by atoms with van der Waals surface area (Å²) in [5, 5.41) is 3.41. The quantitative estimate of drug-likeness (QED) is 0.927. The second kappa shape index (κ2) is 6.42. The van der Waals surface area contributed by atoms with E-state index in [9.17, 15) is 9.18 Å². The number of likely N-dealkylation sites (tertiary alicyclic amines) is 1. The van der Waals surface area contributed by atoms with Gasteiger partial charge in [-0.25, -0.2) is 4.39 Å². The van der Waals surface area contributed by atoms with Crippen molar-refractivity contribution in [2.75, 3.05) is 32.8 Å². The lowest BCUT2D eigenvalue weighted by Gasteiger charge is -2.38. The summed E-state index contributed by atoms with van der Waals surface area (Å²) in [7, 11) is 0. The van der Waals surface area contributed by atoms with Crippen molar-refractivity contribution in [3.05, 3.63) is 29.0 Å². The first-order valence-electron chi connectivity index (χ1n) is 7.64. The van der Waals surface area contributed by atoms with Crippen molar-refractivity contribution < 1.29 is 13.9 Å². The number of carbonyl (C=O) groups excluding carboxylic acids is 1. The maximum atomic E-state index is 13.1. The van der Waals surface area contributed by atoms with Crippen LogP contribution in [-0.4, -0.2) is 43.6 Å². The highest BCUT2D eigenvalue weighted by Crippen LogP contribution is 2.36. The summed E-state index contributed by atoms with van der Waals surface area (Å²) in [6.07, 6.45) is 3.31. The molecule has 2 aliphatic rings. The van der Waals surface area contributed by atoms with E-state index >= 15 is 0 Å². The summed E-state index contributed by atoms with van der Waals surface area (Å²) < 4.78 is 18.5. The van der Waals surface area contributed by atoms with Crippen LogP contribution in [0.25, 0.3) is 0 Å². The number of ether oxygens (including phenoxy) is 1. The summed E-state index contributed by atoms with van der Waals surface area (Å²) in [6, 6.07) is 4.10. The van der Waals surface area contributed by atoms with Crippen molar-refractivity contribution in [1.29, 1.82) is 0 Å². The zero-order valence-corrected chi connectivity index (χ0v) is 13.2. The van der Waals surface area contributed by atoms with Gasteiger partial charge in [0.25, 0.3) is 5.91 Å². The van der Waals surface area contributed by atoms with E-state index in [4.69, 9.17) is 16.3 Å². The number of nitrogens with zero attached hydrogens (tertiary/aromatic N) is 1. The maximum Gasteiger partial charge on any atom is 0.260 e. The highest BCUT2D eigenvalue weighted by atomic mass is 35.5. The van der Waals surface area contributed by atoms with Crippen molar-refractivity contribution in [3.63, 3.8) is 0 Å². The first kappa shape index (κ1) is 15.6. The Morgan fingerprint density at radius 1 is 1.36 bits per heavy atom. The zero-order chi connectivity index (χ0) is 15.6. The minimum Gasteiger partial charge on any atom is -0.484 e. The normalized spacial score (nSPS) is 20.4. The maximum absolute atomic E-state index is 13.1. The third-order valence-corrected chi connectivity index (χ3v) is 5.05. The molecular weight excluding hydrogens is 307 g/mol. The van der Waals surface area contributed by atoms with Crippen molar-refractivity contribution in [3.8, 4) is 5.75 Å². The zero-order valence-electron chi connectivity index (χ0n) is 12.4. The number of benzene rings is 1. The summed E-state index contributed by atoms with van der Waals surface area (Å²) in [6.45, 7) is 3.69. The second-order valence-electron chi connectivity index (χ2n) is 6.17. The Bertz CT molecular complexity index is 551. The monoisotopic (exact) mass is 326 g/mol.